The number of H-pyrrole nitrogens is 1. The van der Waals surface area contributed by atoms with Crippen molar-refractivity contribution in [2.24, 2.45) is 0 Å². The third-order valence-corrected chi connectivity index (χ3v) is 4.42. The van der Waals surface area contributed by atoms with Gasteiger partial charge in [0.15, 0.2) is 11.5 Å². The molecule has 0 atom stereocenters. The summed E-state index contributed by atoms with van der Waals surface area (Å²) in [5.41, 5.74) is 9.19. The zero-order valence-electron chi connectivity index (χ0n) is 14.9. The molecule has 3 aromatic rings. The van der Waals surface area contributed by atoms with E-state index in [2.05, 4.69) is 10.2 Å². The van der Waals surface area contributed by atoms with Crippen LogP contribution in [0.5, 0.6) is 11.5 Å². The fourth-order valence-electron chi connectivity index (χ4n) is 2.99. The molecule has 138 valence electrons. The number of aromatic amines is 1. The number of nitrogens with one attached hydrogen (secondary N) is 1. The van der Waals surface area contributed by atoms with Gasteiger partial charge in [-0.05, 0) is 30.2 Å². The van der Waals surface area contributed by atoms with Crippen LogP contribution in [0.4, 0.5) is 5.82 Å². The highest BCUT2D eigenvalue weighted by atomic mass is 16.7. The Bertz CT molecular complexity index is 966. The molecule has 2 aromatic carbocycles. The molecule has 0 saturated carbocycles. The summed E-state index contributed by atoms with van der Waals surface area (Å²) >= 11 is 0. The highest BCUT2D eigenvalue weighted by molar-refractivity contribution is 5.93. The van der Waals surface area contributed by atoms with Crippen LogP contribution in [0, 0.1) is 6.92 Å². The number of anilines is 1. The topological polar surface area (TPSA) is 93.5 Å². The molecule has 7 nitrogen and oxygen atoms in total. The van der Waals surface area contributed by atoms with Crippen molar-refractivity contribution in [1.29, 1.82) is 0 Å². The van der Waals surface area contributed by atoms with Crippen molar-refractivity contribution in [2.75, 3.05) is 12.5 Å². The van der Waals surface area contributed by atoms with E-state index in [1.54, 1.807) is 11.0 Å². The number of fused-ring (bicyclic) bond motifs is 1. The van der Waals surface area contributed by atoms with E-state index in [0.717, 1.165) is 16.9 Å². The standard InChI is InChI=1S/C20H20N4O3/c1-13-2-4-14(5-3-13)10-24(20(25)16-9-19(21)23-22-16)11-15-6-7-17-18(8-15)27-12-26-17/h2-9H,10-12H2,1H3,(H3,21,22,23). The van der Waals surface area contributed by atoms with Gasteiger partial charge in [0, 0.05) is 19.2 Å². The van der Waals surface area contributed by atoms with Gasteiger partial charge in [-0.1, -0.05) is 35.9 Å². The molecule has 0 bridgehead atoms. The number of ether oxygens (including phenoxy) is 2. The van der Waals surface area contributed by atoms with E-state index >= 15 is 0 Å². The Hall–Kier alpha value is -3.48. The summed E-state index contributed by atoms with van der Waals surface area (Å²) in [4.78, 5) is 14.8. The monoisotopic (exact) mass is 364 g/mol. The summed E-state index contributed by atoms with van der Waals surface area (Å²) in [6.07, 6.45) is 0. The third kappa shape index (κ3) is 3.72. The fourth-order valence-corrected chi connectivity index (χ4v) is 2.99. The van der Waals surface area contributed by atoms with E-state index in [4.69, 9.17) is 15.2 Å². The summed E-state index contributed by atoms with van der Waals surface area (Å²) < 4.78 is 10.8. The second kappa shape index (κ2) is 7.03. The zero-order chi connectivity index (χ0) is 18.8. The number of aromatic nitrogens is 2. The number of carbonyl (C=O) groups excluding carboxylic acids is 1. The van der Waals surface area contributed by atoms with Gasteiger partial charge in [0.25, 0.3) is 5.91 Å². The van der Waals surface area contributed by atoms with Crippen LogP contribution in [0.1, 0.15) is 27.2 Å². The van der Waals surface area contributed by atoms with Gasteiger partial charge in [-0.2, -0.15) is 5.10 Å². The van der Waals surface area contributed by atoms with Crippen molar-refractivity contribution >= 4 is 11.7 Å². The lowest BCUT2D eigenvalue weighted by molar-refractivity contribution is 0.0724. The zero-order valence-corrected chi connectivity index (χ0v) is 14.9. The number of nitrogens with two attached hydrogens (primary N) is 1. The number of benzene rings is 2. The summed E-state index contributed by atoms with van der Waals surface area (Å²) in [7, 11) is 0. The molecule has 0 aliphatic carbocycles. The average molecular weight is 364 g/mol. The molecule has 2 heterocycles. The second-order valence-corrected chi connectivity index (χ2v) is 6.54. The molecule has 1 aromatic heterocycles. The summed E-state index contributed by atoms with van der Waals surface area (Å²) in [5, 5.41) is 6.56. The summed E-state index contributed by atoms with van der Waals surface area (Å²) in [6, 6.07) is 15.4. The number of amides is 1. The molecule has 0 saturated heterocycles. The third-order valence-electron chi connectivity index (χ3n) is 4.42. The molecule has 0 fully saturated rings. The predicted octanol–water partition coefficient (Wildman–Crippen LogP) is 2.87. The molecule has 27 heavy (non-hydrogen) atoms. The summed E-state index contributed by atoms with van der Waals surface area (Å²) in [5.74, 6) is 1.53. The highest BCUT2D eigenvalue weighted by Crippen LogP contribution is 2.33. The lowest BCUT2D eigenvalue weighted by Crippen LogP contribution is -2.30. The normalized spacial score (nSPS) is 12.2. The Morgan fingerprint density at radius 1 is 1.07 bits per heavy atom. The largest absolute Gasteiger partial charge is 0.454 e. The Morgan fingerprint density at radius 2 is 1.78 bits per heavy atom. The molecule has 1 aliphatic rings. The second-order valence-electron chi connectivity index (χ2n) is 6.54. The Morgan fingerprint density at radius 3 is 2.52 bits per heavy atom. The average Bonchev–Trinajstić information content (AvgIpc) is 3.30. The first-order valence-corrected chi connectivity index (χ1v) is 8.63. The van der Waals surface area contributed by atoms with Crippen LogP contribution < -0.4 is 15.2 Å². The number of hydrogen-bond donors (Lipinski definition) is 2. The van der Waals surface area contributed by atoms with Gasteiger partial charge in [0.2, 0.25) is 6.79 Å². The van der Waals surface area contributed by atoms with Crippen molar-refractivity contribution in [3.63, 3.8) is 0 Å². The lowest BCUT2D eigenvalue weighted by atomic mass is 10.1. The number of nitrogen functional groups attached to an aromatic ring is 1. The molecule has 3 N–H and O–H groups in total. The quantitative estimate of drug-likeness (QED) is 0.726. The van der Waals surface area contributed by atoms with Crippen LogP contribution in [-0.2, 0) is 13.1 Å². The highest BCUT2D eigenvalue weighted by Gasteiger charge is 2.20. The Labute approximate surface area is 156 Å². The van der Waals surface area contributed by atoms with Gasteiger partial charge < -0.3 is 20.1 Å². The van der Waals surface area contributed by atoms with Gasteiger partial charge in [0.05, 0.1) is 0 Å². The van der Waals surface area contributed by atoms with E-state index in [0.29, 0.717) is 24.5 Å². The van der Waals surface area contributed by atoms with E-state index in [9.17, 15) is 4.79 Å². The molecule has 4 rings (SSSR count). The Balaban J connectivity index is 1.60. The predicted molar refractivity (Wildman–Crippen MR) is 100 cm³/mol. The molecule has 0 radical (unpaired) electrons. The molecule has 7 heteroatoms. The molecule has 1 amide bonds. The van der Waals surface area contributed by atoms with Gasteiger partial charge in [-0.25, -0.2) is 0 Å². The lowest BCUT2D eigenvalue weighted by Gasteiger charge is -2.22. The van der Waals surface area contributed by atoms with Crippen LogP contribution in [-0.4, -0.2) is 27.8 Å². The van der Waals surface area contributed by atoms with Crippen LogP contribution in [0.3, 0.4) is 0 Å². The van der Waals surface area contributed by atoms with Crippen LogP contribution in [0.2, 0.25) is 0 Å². The van der Waals surface area contributed by atoms with E-state index in [1.165, 1.54) is 5.56 Å². The van der Waals surface area contributed by atoms with Crippen molar-refractivity contribution in [2.45, 2.75) is 20.0 Å². The van der Waals surface area contributed by atoms with Gasteiger partial charge in [0.1, 0.15) is 11.5 Å². The van der Waals surface area contributed by atoms with Crippen LogP contribution >= 0.6 is 0 Å². The van der Waals surface area contributed by atoms with Crippen molar-refractivity contribution in [1.82, 2.24) is 15.1 Å². The molecule has 0 unspecified atom stereocenters. The number of rotatable bonds is 5. The summed E-state index contributed by atoms with van der Waals surface area (Å²) in [6.45, 7) is 3.14. The molecular weight excluding hydrogens is 344 g/mol. The number of carbonyl (C=O) groups is 1. The maximum Gasteiger partial charge on any atom is 0.272 e. The number of nitrogens with zero attached hydrogens (tertiary/aromatic N) is 2. The van der Waals surface area contributed by atoms with Crippen molar-refractivity contribution < 1.29 is 14.3 Å². The minimum Gasteiger partial charge on any atom is -0.454 e. The fraction of sp³-hybridized carbons (Fsp3) is 0.200. The van der Waals surface area contributed by atoms with Crippen LogP contribution in [0.15, 0.2) is 48.5 Å². The molecular formula is C20H20N4O3. The maximum absolute atomic E-state index is 13.0. The number of hydrogen-bond acceptors (Lipinski definition) is 5. The first-order valence-electron chi connectivity index (χ1n) is 8.63. The van der Waals surface area contributed by atoms with Gasteiger partial charge >= 0.3 is 0 Å². The van der Waals surface area contributed by atoms with E-state index in [1.807, 2.05) is 49.4 Å². The SMILES string of the molecule is Cc1ccc(CN(Cc2ccc3c(c2)OCO3)C(=O)c2cc(N)n[nH]2)cc1. The van der Waals surface area contributed by atoms with Crippen molar-refractivity contribution in [3.8, 4) is 11.5 Å². The smallest absolute Gasteiger partial charge is 0.272 e. The van der Waals surface area contributed by atoms with Gasteiger partial charge in [-0.3, -0.25) is 9.89 Å². The first-order chi connectivity index (χ1) is 13.1. The number of aryl methyl sites for hydroxylation is 1. The van der Waals surface area contributed by atoms with Crippen LogP contribution in [0.25, 0.3) is 0 Å². The van der Waals surface area contributed by atoms with E-state index in [-0.39, 0.29) is 18.5 Å². The van der Waals surface area contributed by atoms with Crippen molar-refractivity contribution in [3.05, 3.63) is 70.9 Å². The van der Waals surface area contributed by atoms with E-state index < -0.39 is 0 Å². The van der Waals surface area contributed by atoms with Gasteiger partial charge in [-0.15, -0.1) is 0 Å². The molecule has 1 aliphatic heterocycles. The molecule has 0 spiro atoms. The first kappa shape index (κ1) is 17.0. The minimum atomic E-state index is -0.169. The maximum atomic E-state index is 13.0. The Kier molecular flexibility index (Phi) is 4.42. The minimum absolute atomic E-state index is 0.169.